The fraction of sp³-hybridized carbons (Fsp3) is 0.667. The van der Waals surface area contributed by atoms with Gasteiger partial charge in [-0.25, -0.2) is 0 Å². The first-order valence-electron chi connectivity index (χ1n) is 5.87. The van der Waals surface area contributed by atoms with Crippen molar-refractivity contribution in [3.63, 3.8) is 0 Å². The predicted octanol–water partition coefficient (Wildman–Crippen LogP) is 2.97. The van der Waals surface area contributed by atoms with E-state index in [0.29, 0.717) is 12.1 Å². The molecule has 0 bridgehead atoms. The minimum Gasteiger partial charge on any atom is -0.313 e. The van der Waals surface area contributed by atoms with Crippen molar-refractivity contribution < 1.29 is 0 Å². The summed E-state index contributed by atoms with van der Waals surface area (Å²) in [6.07, 6.45) is 1.23. The summed E-state index contributed by atoms with van der Waals surface area (Å²) in [6.45, 7) is 7.85. The zero-order valence-electron chi connectivity index (χ0n) is 9.87. The molecular formula is C12H19ClN2S. The average molecular weight is 259 g/mol. The van der Waals surface area contributed by atoms with E-state index in [2.05, 4.69) is 30.1 Å². The maximum Gasteiger partial charge on any atom is 0.0931 e. The van der Waals surface area contributed by atoms with Crippen molar-refractivity contribution in [3.8, 4) is 0 Å². The molecule has 1 aromatic rings. The number of hydrogen-bond donors (Lipinski definition) is 1. The van der Waals surface area contributed by atoms with Gasteiger partial charge in [0.1, 0.15) is 0 Å². The standard InChI is InChI=1S/C12H19ClN2S/c1-9-7-15(10(2)5-6-14-9)8-11-3-4-12(13)16-11/h3-4,9-10,14H,5-8H2,1-2H3. The summed E-state index contributed by atoms with van der Waals surface area (Å²) in [5, 5.41) is 3.53. The van der Waals surface area contributed by atoms with E-state index in [4.69, 9.17) is 11.6 Å². The van der Waals surface area contributed by atoms with Crippen LogP contribution in [0.4, 0.5) is 0 Å². The molecule has 1 N–H and O–H groups in total. The van der Waals surface area contributed by atoms with Gasteiger partial charge in [0.05, 0.1) is 4.34 Å². The molecule has 4 heteroatoms. The van der Waals surface area contributed by atoms with Crippen LogP contribution in [0.5, 0.6) is 0 Å². The monoisotopic (exact) mass is 258 g/mol. The van der Waals surface area contributed by atoms with Gasteiger partial charge < -0.3 is 5.32 Å². The molecule has 2 unspecified atom stereocenters. The lowest BCUT2D eigenvalue weighted by atomic mass is 10.2. The van der Waals surface area contributed by atoms with Crippen molar-refractivity contribution >= 4 is 22.9 Å². The highest BCUT2D eigenvalue weighted by atomic mass is 35.5. The van der Waals surface area contributed by atoms with Crippen LogP contribution in [-0.2, 0) is 6.54 Å². The molecule has 0 amide bonds. The normalized spacial score (nSPS) is 27.9. The van der Waals surface area contributed by atoms with E-state index in [1.165, 1.54) is 11.3 Å². The Labute approximate surface area is 107 Å². The van der Waals surface area contributed by atoms with Crippen LogP contribution in [0.3, 0.4) is 0 Å². The van der Waals surface area contributed by atoms with Crippen molar-refractivity contribution in [2.45, 2.75) is 38.9 Å². The van der Waals surface area contributed by atoms with Crippen molar-refractivity contribution in [2.75, 3.05) is 13.1 Å². The molecule has 2 heterocycles. The van der Waals surface area contributed by atoms with Gasteiger partial charge >= 0.3 is 0 Å². The summed E-state index contributed by atoms with van der Waals surface area (Å²) in [5.41, 5.74) is 0. The zero-order valence-corrected chi connectivity index (χ0v) is 11.4. The minimum absolute atomic E-state index is 0.584. The maximum absolute atomic E-state index is 5.96. The number of rotatable bonds is 2. The van der Waals surface area contributed by atoms with Crippen LogP contribution in [0.1, 0.15) is 25.1 Å². The molecular weight excluding hydrogens is 240 g/mol. The summed E-state index contributed by atoms with van der Waals surface area (Å²) >= 11 is 7.66. The van der Waals surface area contributed by atoms with Gasteiger partial charge in [0.2, 0.25) is 0 Å². The smallest absolute Gasteiger partial charge is 0.0931 e. The quantitative estimate of drug-likeness (QED) is 0.878. The SMILES string of the molecule is CC1CN(Cc2ccc(Cl)s2)C(C)CCN1. The Morgan fingerprint density at radius 2 is 2.31 bits per heavy atom. The predicted molar refractivity (Wildman–Crippen MR) is 71.3 cm³/mol. The lowest BCUT2D eigenvalue weighted by Crippen LogP contribution is -2.37. The molecule has 2 atom stereocenters. The number of nitrogens with one attached hydrogen (secondary N) is 1. The van der Waals surface area contributed by atoms with Gasteiger partial charge in [-0.1, -0.05) is 11.6 Å². The van der Waals surface area contributed by atoms with E-state index >= 15 is 0 Å². The zero-order chi connectivity index (χ0) is 11.5. The second-order valence-electron chi connectivity index (χ2n) is 4.63. The first kappa shape index (κ1) is 12.4. The first-order valence-corrected chi connectivity index (χ1v) is 7.06. The average Bonchev–Trinajstić information content (AvgIpc) is 2.55. The Morgan fingerprint density at radius 1 is 1.50 bits per heavy atom. The van der Waals surface area contributed by atoms with E-state index in [0.717, 1.165) is 24.0 Å². The lowest BCUT2D eigenvalue weighted by Gasteiger charge is -2.27. The van der Waals surface area contributed by atoms with Gasteiger partial charge in [0.15, 0.2) is 0 Å². The Bertz CT molecular complexity index is 340. The topological polar surface area (TPSA) is 15.3 Å². The number of nitrogens with zero attached hydrogens (tertiary/aromatic N) is 1. The molecule has 0 aromatic carbocycles. The second kappa shape index (κ2) is 5.50. The molecule has 0 aliphatic carbocycles. The van der Waals surface area contributed by atoms with Gasteiger partial charge in [0.25, 0.3) is 0 Å². The van der Waals surface area contributed by atoms with Crippen LogP contribution in [0.15, 0.2) is 12.1 Å². The summed E-state index contributed by atoms with van der Waals surface area (Å²) < 4.78 is 0.892. The molecule has 0 spiro atoms. The highest BCUT2D eigenvalue weighted by Crippen LogP contribution is 2.24. The third-order valence-corrected chi connectivity index (χ3v) is 4.39. The molecule has 1 aromatic heterocycles. The first-order chi connectivity index (χ1) is 7.65. The number of halogens is 1. The highest BCUT2D eigenvalue weighted by molar-refractivity contribution is 7.16. The molecule has 0 saturated carbocycles. The van der Waals surface area contributed by atoms with Crippen LogP contribution in [0, 0.1) is 0 Å². The van der Waals surface area contributed by atoms with Gasteiger partial charge in [-0.2, -0.15) is 0 Å². The van der Waals surface area contributed by atoms with E-state index in [1.54, 1.807) is 11.3 Å². The van der Waals surface area contributed by atoms with E-state index in [9.17, 15) is 0 Å². The van der Waals surface area contributed by atoms with Crippen molar-refractivity contribution in [1.29, 1.82) is 0 Å². The molecule has 1 saturated heterocycles. The molecule has 90 valence electrons. The molecule has 2 rings (SSSR count). The van der Waals surface area contributed by atoms with Gasteiger partial charge in [-0.05, 0) is 38.9 Å². The van der Waals surface area contributed by atoms with Gasteiger partial charge in [-0.3, -0.25) is 4.90 Å². The van der Waals surface area contributed by atoms with Gasteiger partial charge in [-0.15, -0.1) is 11.3 Å². The van der Waals surface area contributed by atoms with Crippen molar-refractivity contribution in [3.05, 3.63) is 21.3 Å². The Hall–Kier alpha value is -0.0900. The third kappa shape index (κ3) is 3.20. The Balaban J connectivity index is 2.00. The van der Waals surface area contributed by atoms with Crippen LogP contribution in [0.25, 0.3) is 0 Å². The van der Waals surface area contributed by atoms with E-state index in [-0.39, 0.29) is 0 Å². The summed E-state index contributed by atoms with van der Waals surface area (Å²) in [6, 6.07) is 5.37. The van der Waals surface area contributed by atoms with Gasteiger partial charge in [0, 0.05) is 30.1 Å². The maximum atomic E-state index is 5.96. The van der Waals surface area contributed by atoms with Crippen molar-refractivity contribution in [2.24, 2.45) is 0 Å². The van der Waals surface area contributed by atoms with Crippen LogP contribution in [-0.4, -0.2) is 30.1 Å². The minimum atomic E-state index is 0.584. The summed E-state index contributed by atoms with van der Waals surface area (Å²) in [5.74, 6) is 0. The number of thiophene rings is 1. The molecule has 1 aliphatic rings. The fourth-order valence-electron chi connectivity index (χ4n) is 2.17. The molecule has 16 heavy (non-hydrogen) atoms. The molecule has 1 fully saturated rings. The van der Waals surface area contributed by atoms with Crippen LogP contribution >= 0.6 is 22.9 Å². The van der Waals surface area contributed by atoms with E-state index < -0.39 is 0 Å². The largest absolute Gasteiger partial charge is 0.313 e. The Morgan fingerprint density at radius 3 is 3.00 bits per heavy atom. The molecule has 0 radical (unpaired) electrons. The summed E-state index contributed by atoms with van der Waals surface area (Å²) in [7, 11) is 0. The fourth-order valence-corrected chi connectivity index (χ4v) is 3.29. The molecule has 2 nitrogen and oxygen atoms in total. The third-order valence-electron chi connectivity index (χ3n) is 3.17. The number of hydrogen-bond acceptors (Lipinski definition) is 3. The Kier molecular flexibility index (Phi) is 4.25. The lowest BCUT2D eigenvalue weighted by molar-refractivity contribution is 0.200. The molecule has 1 aliphatic heterocycles. The van der Waals surface area contributed by atoms with Crippen LogP contribution in [0.2, 0.25) is 4.34 Å². The van der Waals surface area contributed by atoms with Crippen molar-refractivity contribution in [1.82, 2.24) is 10.2 Å². The van der Waals surface area contributed by atoms with E-state index in [1.807, 2.05) is 6.07 Å². The van der Waals surface area contributed by atoms with Crippen LogP contribution < -0.4 is 5.32 Å². The highest BCUT2D eigenvalue weighted by Gasteiger charge is 2.20. The second-order valence-corrected chi connectivity index (χ2v) is 6.43. The summed E-state index contributed by atoms with van der Waals surface area (Å²) in [4.78, 5) is 3.92.